The van der Waals surface area contributed by atoms with Crippen LogP contribution in [0.4, 0.5) is 17.1 Å². The Balaban J connectivity index is 1.32. The van der Waals surface area contributed by atoms with E-state index in [0.29, 0.717) is 22.6 Å². The van der Waals surface area contributed by atoms with Gasteiger partial charge in [-0.3, -0.25) is 13.9 Å². The van der Waals surface area contributed by atoms with Gasteiger partial charge in [-0.25, -0.2) is 8.42 Å². The highest BCUT2D eigenvalue weighted by atomic mass is 32.2. The number of rotatable bonds is 6. The summed E-state index contributed by atoms with van der Waals surface area (Å²) >= 11 is 0. The van der Waals surface area contributed by atoms with E-state index in [0.717, 1.165) is 11.1 Å². The molecule has 0 aromatic heterocycles. The molecule has 0 saturated carbocycles. The fourth-order valence-electron chi connectivity index (χ4n) is 4.63. The Morgan fingerprint density at radius 1 is 0.833 bits per heavy atom. The van der Waals surface area contributed by atoms with Gasteiger partial charge in [0.05, 0.1) is 17.1 Å². The third-order valence-electron chi connectivity index (χ3n) is 7.04. The molecule has 1 atom stereocenters. The predicted octanol–water partition coefficient (Wildman–Crippen LogP) is 6.14. The Labute approximate surface area is 246 Å². The van der Waals surface area contributed by atoms with Crippen molar-refractivity contribution < 1.29 is 22.7 Å². The molecule has 1 aliphatic rings. The van der Waals surface area contributed by atoms with E-state index in [-0.39, 0.29) is 28.5 Å². The van der Waals surface area contributed by atoms with Gasteiger partial charge in [-0.1, -0.05) is 68.8 Å². The van der Waals surface area contributed by atoms with Gasteiger partial charge in [-0.2, -0.15) is 0 Å². The van der Waals surface area contributed by atoms with Crippen LogP contribution in [-0.4, -0.2) is 32.9 Å². The number of nitrogens with zero attached hydrogens (tertiary/aromatic N) is 1. The van der Waals surface area contributed by atoms with Crippen LogP contribution in [0.1, 0.15) is 42.3 Å². The molecule has 42 heavy (non-hydrogen) atoms. The normalized spacial score (nSPS) is 14.9. The average Bonchev–Trinajstić information content (AvgIpc) is 2.96. The van der Waals surface area contributed by atoms with Crippen molar-refractivity contribution in [2.75, 3.05) is 21.5 Å². The van der Waals surface area contributed by atoms with Gasteiger partial charge >= 0.3 is 0 Å². The van der Waals surface area contributed by atoms with E-state index in [1.165, 1.54) is 4.31 Å². The maximum atomic E-state index is 13.6. The molecule has 0 bridgehead atoms. The highest BCUT2D eigenvalue weighted by Crippen LogP contribution is 2.37. The summed E-state index contributed by atoms with van der Waals surface area (Å²) in [7, 11) is -3.96. The first-order valence-electron chi connectivity index (χ1n) is 13.6. The van der Waals surface area contributed by atoms with Gasteiger partial charge < -0.3 is 15.4 Å². The summed E-state index contributed by atoms with van der Waals surface area (Å²) < 4.78 is 34.4. The molecule has 0 fully saturated rings. The molecule has 0 unspecified atom stereocenters. The number of fused-ring (bicyclic) bond motifs is 1. The fourth-order valence-corrected chi connectivity index (χ4v) is 6.10. The Kier molecular flexibility index (Phi) is 7.79. The van der Waals surface area contributed by atoms with Gasteiger partial charge in [0.25, 0.3) is 21.8 Å². The minimum absolute atomic E-state index is 0.0203. The quantitative estimate of drug-likeness (QED) is 0.284. The number of hydrogen-bond acceptors (Lipinski definition) is 5. The number of aryl methyl sites for hydroxylation is 1. The summed E-state index contributed by atoms with van der Waals surface area (Å²) in [5, 5.41) is 5.67. The lowest BCUT2D eigenvalue weighted by molar-refractivity contribution is -0.122. The third kappa shape index (κ3) is 6.16. The van der Waals surface area contributed by atoms with E-state index in [9.17, 15) is 18.0 Å². The number of amides is 2. The van der Waals surface area contributed by atoms with Crippen molar-refractivity contribution in [1.82, 2.24) is 0 Å². The Morgan fingerprint density at radius 3 is 2.14 bits per heavy atom. The van der Waals surface area contributed by atoms with Gasteiger partial charge in [0.1, 0.15) is 5.75 Å². The van der Waals surface area contributed by atoms with Gasteiger partial charge in [-0.15, -0.1) is 0 Å². The van der Waals surface area contributed by atoms with Crippen molar-refractivity contribution in [2.45, 2.75) is 44.1 Å². The van der Waals surface area contributed by atoms with Crippen LogP contribution >= 0.6 is 0 Å². The number of carbonyl (C=O) groups is 2. The Morgan fingerprint density at radius 2 is 1.48 bits per heavy atom. The number of para-hydroxylation sites is 2. The van der Waals surface area contributed by atoms with E-state index in [4.69, 9.17) is 4.74 Å². The molecular formula is C33H33N3O5S. The maximum Gasteiger partial charge on any atom is 0.267 e. The van der Waals surface area contributed by atoms with Crippen LogP contribution < -0.4 is 19.7 Å². The SMILES string of the molecule is Cc1ccc(S(=O)(=O)N2C[C@H](C(=O)Nc3cccc(NC(=O)c4ccc(C(C)(C)C)cc4)c3)Oc3ccccc32)cc1. The van der Waals surface area contributed by atoms with Crippen molar-refractivity contribution in [3.8, 4) is 5.75 Å². The second-order valence-corrected chi connectivity index (χ2v) is 13.1. The minimum Gasteiger partial charge on any atom is -0.476 e. The molecule has 0 aliphatic carbocycles. The van der Waals surface area contributed by atoms with Crippen molar-refractivity contribution in [3.63, 3.8) is 0 Å². The van der Waals surface area contributed by atoms with Crippen molar-refractivity contribution >= 4 is 38.9 Å². The van der Waals surface area contributed by atoms with Crippen molar-refractivity contribution in [1.29, 1.82) is 0 Å². The van der Waals surface area contributed by atoms with E-state index in [1.807, 2.05) is 19.1 Å². The highest BCUT2D eigenvalue weighted by Gasteiger charge is 2.37. The molecule has 0 radical (unpaired) electrons. The molecule has 1 heterocycles. The molecule has 0 spiro atoms. The molecule has 5 rings (SSSR count). The topological polar surface area (TPSA) is 105 Å². The average molecular weight is 584 g/mol. The molecule has 2 N–H and O–H groups in total. The van der Waals surface area contributed by atoms with Crippen LogP contribution in [0.2, 0.25) is 0 Å². The number of anilines is 3. The fraction of sp³-hybridized carbons (Fsp3) is 0.212. The lowest BCUT2D eigenvalue weighted by Gasteiger charge is -2.34. The largest absolute Gasteiger partial charge is 0.476 e. The van der Waals surface area contributed by atoms with Gasteiger partial charge in [0, 0.05) is 16.9 Å². The molecule has 1 aliphatic heterocycles. The summed E-state index contributed by atoms with van der Waals surface area (Å²) in [5.41, 5.74) is 3.84. The predicted molar refractivity (Wildman–Crippen MR) is 165 cm³/mol. The summed E-state index contributed by atoms with van der Waals surface area (Å²) in [4.78, 5) is 26.3. The number of ether oxygens (including phenoxy) is 1. The monoisotopic (exact) mass is 583 g/mol. The highest BCUT2D eigenvalue weighted by molar-refractivity contribution is 7.92. The second-order valence-electron chi connectivity index (χ2n) is 11.3. The van der Waals surface area contributed by atoms with Crippen LogP contribution in [0.5, 0.6) is 5.75 Å². The second kappa shape index (κ2) is 11.3. The van der Waals surface area contributed by atoms with E-state index < -0.39 is 22.0 Å². The van der Waals surface area contributed by atoms with Crippen molar-refractivity contribution in [3.05, 3.63) is 114 Å². The lowest BCUT2D eigenvalue weighted by atomic mass is 9.87. The number of sulfonamides is 1. The van der Waals surface area contributed by atoms with Crippen LogP contribution in [-0.2, 0) is 20.2 Å². The third-order valence-corrected chi connectivity index (χ3v) is 8.83. The van der Waals surface area contributed by atoms with Crippen molar-refractivity contribution in [2.24, 2.45) is 0 Å². The minimum atomic E-state index is -3.96. The summed E-state index contributed by atoms with van der Waals surface area (Å²) in [6.45, 7) is 8.00. The number of hydrogen-bond donors (Lipinski definition) is 2. The molecule has 216 valence electrons. The molecule has 9 heteroatoms. The zero-order valence-corrected chi connectivity index (χ0v) is 24.7. The molecule has 4 aromatic carbocycles. The maximum absolute atomic E-state index is 13.6. The van der Waals surface area contributed by atoms with Gasteiger partial charge in [0.2, 0.25) is 0 Å². The number of benzene rings is 4. The lowest BCUT2D eigenvalue weighted by Crippen LogP contribution is -2.48. The Bertz CT molecular complexity index is 1730. The van der Waals surface area contributed by atoms with E-state index in [1.54, 1.807) is 84.9 Å². The van der Waals surface area contributed by atoms with E-state index in [2.05, 4.69) is 31.4 Å². The number of nitrogens with one attached hydrogen (secondary N) is 2. The van der Waals surface area contributed by atoms with Gasteiger partial charge in [0.15, 0.2) is 6.10 Å². The zero-order chi connectivity index (χ0) is 30.1. The first-order valence-corrected chi connectivity index (χ1v) is 15.0. The van der Waals surface area contributed by atoms with Gasteiger partial charge in [-0.05, 0) is 72.5 Å². The first-order chi connectivity index (χ1) is 19.9. The first kappa shape index (κ1) is 28.9. The molecular weight excluding hydrogens is 550 g/mol. The van der Waals surface area contributed by atoms with Crippen LogP contribution in [0.3, 0.4) is 0 Å². The molecule has 0 saturated heterocycles. The summed E-state index contributed by atoms with van der Waals surface area (Å²) in [6.07, 6.45) is -1.11. The zero-order valence-electron chi connectivity index (χ0n) is 23.9. The molecule has 8 nitrogen and oxygen atoms in total. The number of carbonyl (C=O) groups excluding carboxylic acids is 2. The van der Waals surface area contributed by atoms with Crippen LogP contribution in [0.25, 0.3) is 0 Å². The molecule has 2 amide bonds. The molecule has 4 aromatic rings. The standard InChI is InChI=1S/C33H33N3O5S/c1-22-12-18-27(19-13-22)42(39,40)36-21-30(41-29-11-6-5-10-28(29)36)32(38)35-26-9-7-8-25(20-26)34-31(37)23-14-16-24(17-15-23)33(2,3)4/h5-20,30H,21H2,1-4H3,(H,34,37)(H,35,38)/t30-/m1/s1. The van der Waals surface area contributed by atoms with E-state index >= 15 is 0 Å². The van der Waals surface area contributed by atoms with Crippen LogP contribution in [0, 0.1) is 6.92 Å². The van der Waals surface area contributed by atoms with Crippen LogP contribution in [0.15, 0.2) is 102 Å². The smallest absolute Gasteiger partial charge is 0.267 e. The summed E-state index contributed by atoms with van der Waals surface area (Å²) in [5.74, 6) is -0.504. The Hall–Kier alpha value is -4.63. The summed E-state index contributed by atoms with van der Waals surface area (Å²) in [6, 6.07) is 27.5.